The lowest BCUT2D eigenvalue weighted by atomic mass is 10.2. The maximum Gasteiger partial charge on any atom is 0.407 e. The summed E-state index contributed by atoms with van der Waals surface area (Å²) < 4.78 is 0. The van der Waals surface area contributed by atoms with Crippen LogP contribution in [0.4, 0.5) is 4.79 Å². The fraction of sp³-hybridized carbons (Fsp3) is 0.889. The molecular formula is C9H20N2O3. The average Bonchev–Trinajstić information content (AvgIpc) is 2.02. The number of hydrogen-bond acceptors (Lipinski definition) is 3. The average molecular weight is 204 g/mol. The minimum absolute atomic E-state index is 0.730. The quantitative estimate of drug-likeness (QED) is 0.479. The summed E-state index contributed by atoms with van der Waals surface area (Å²) in [5, 5.41) is 16.2. The summed E-state index contributed by atoms with van der Waals surface area (Å²) in [4.78, 5) is 11.3. The lowest BCUT2D eigenvalue weighted by Gasteiger charge is -2.27. The molecule has 3 N–H and O–H groups in total. The molecule has 0 aromatic heterocycles. The van der Waals surface area contributed by atoms with E-state index in [9.17, 15) is 4.79 Å². The van der Waals surface area contributed by atoms with Gasteiger partial charge in [-0.2, -0.15) is 0 Å². The predicted octanol–water partition coefficient (Wildman–Crippen LogP) is 1.53. The first-order chi connectivity index (χ1) is 6.72. The number of nitrogens with zero attached hydrogens (tertiary/aromatic N) is 1. The van der Waals surface area contributed by atoms with Gasteiger partial charge in [0.1, 0.15) is 0 Å². The van der Waals surface area contributed by atoms with Gasteiger partial charge in [0.05, 0.1) is 0 Å². The van der Waals surface area contributed by atoms with Crippen LogP contribution in [-0.2, 0) is 0 Å². The van der Waals surface area contributed by atoms with Crippen LogP contribution < -0.4 is 5.48 Å². The molecule has 14 heavy (non-hydrogen) atoms. The van der Waals surface area contributed by atoms with Crippen LogP contribution in [0.3, 0.4) is 0 Å². The van der Waals surface area contributed by atoms with Gasteiger partial charge in [-0.3, -0.25) is 0 Å². The number of hydroxylamine groups is 1. The summed E-state index contributed by atoms with van der Waals surface area (Å²) in [5.41, 5.74) is 2.10. The molecule has 84 valence electrons. The zero-order valence-corrected chi connectivity index (χ0v) is 8.70. The van der Waals surface area contributed by atoms with E-state index in [1.54, 1.807) is 0 Å². The van der Waals surface area contributed by atoms with Crippen LogP contribution in [0, 0.1) is 0 Å². The van der Waals surface area contributed by atoms with Crippen molar-refractivity contribution in [2.24, 2.45) is 0 Å². The number of carboxylic acid groups (broad SMARTS) is 1. The molecule has 0 atom stereocenters. The monoisotopic (exact) mass is 204 g/mol. The van der Waals surface area contributed by atoms with Gasteiger partial charge in [0.2, 0.25) is 0 Å². The number of nitrogens with one attached hydrogen (secondary N) is 1. The van der Waals surface area contributed by atoms with Crippen molar-refractivity contribution in [1.82, 2.24) is 10.4 Å². The van der Waals surface area contributed by atoms with E-state index in [0.29, 0.717) is 0 Å². The van der Waals surface area contributed by atoms with E-state index in [-0.39, 0.29) is 0 Å². The molecule has 0 aromatic carbocycles. The van der Waals surface area contributed by atoms with E-state index < -0.39 is 6.09 Å². The molecule has 0 aliphatic carbocycles. The summed E-state index contributed by atoms with van der Waals surface area (Å²) in [6.07, 6.45) is 3.74. The van der Waals surface area contributed by atoms with Crippen LogP contribution in [0.15, 0.2) is 0 Å². The molecule has 5 heteroatoms. The minimum Gasteiger partial charge on any atom is -0.465 e. The van der Waals surface area contributed by atoms with E-state index in [4.69, 9.17) is 10.3 Å². The second-order valence-electron chi connectivity index (χ2n) is 3.24. The molecule has 1 fully saturated rings. The first-order valence-electron chi connectivity index (χ1n) is 5.07. The van der Waals surface area contributed by atoms with Gasteiger partial charge in [0, 0.05) is 19.6 Å². The standard InChI is InChI=1S/C5H13NO.C4H7NO2/c1-2-3-4-5-6-7;6-4(7)5-2-1-3-5/h6-7H,2-5H2,1H3;1-3H2,(H,6,7). The van der Waals surface area contributed by atoms with E-state index >= 15 is 0 Å². The highest BCUT2D eigenvalue weighted by atomic mass is 16.5. The highest BCUT2D eigenvalue weighted by Gasteiger charge is 2.17. The molecule has 1 aliphatic heterocycles. The van der Waals surface area contributed by atoms with Crippen molar-refractivity contribution >= 4 is 6.09 Å². The Morgan fingerprint density at radius 1 is 1.43 bits per heavy atom. The molecule has 0 aromatic rings. The highest BCUT2D eigenvalue weighted by molar-refractivity contribution is 5.65. The summed E-state index contributed by atoms with van der Waals surface area (Å²) in [5.74, 6) is 0. The molecule has 1 saturated heterocycles. The van der Waals surface area contributed by atoms with Crippen LogP contribution in [0.5, 0.6) is 0 Å². The number of rotatable bonds is 4. The first kappa shape index (κ1) is 13.2. The van der Waals surface area contributed by atoms with Crippen molar-refractivity contribution in [1.29, 1.82) is 0 Å². The summed E-state index contributed by atoms with van der Waals surface area (Å²) in [6.45, 7) is 4.33. The Labute approximate surface area is 84.7 Å². The number of amides is 1. The Kier molecular flexibility index (Phi) is 8.27. The van der Waals surface area contributed by atoms with Gasteiger partial charge < -0.3 is 15.2 Å². The maximum atomic E-state index is 9.91. The Hall–Kier alpha value is -0.810. The van der Waals surface area contributed by atoms with Gasteiger partial charge in [-0.25, -0.2) is 10.3 Å². The summed E-state index contributed by atoms with van der Waals surface area (Å²) >= 11 is 0. The van der Waals surface area contributed by atoms with Crippen molar-refractivity contribution < 1.29 is 15.1 Å². The number of unbranched alkanes of at least 4 members (excludes halogenated alkanes) is 2. The van der Waals surface area contributed by atoms with Gasteiger partial charge >= 0.3 is 6.09 Å². The molecule has 1 aliphatic rings. The lowest BCUT2D eigenvalue weighted by molar-refractivity contribution is 0.118. The number of carbonyl (C=O) groups is 1. The van der Waals surface area contributed by atoms with Crippen LogP contribution in [-0.4, -0.2) is 40.9 Å². The van der Waals surface area contributed by atoms with Crippen molar-refractivity contribution in [2.45, 2.75) is 32.6 Å². The normalized spacial score (nSPS) is 14.0. The van der Waals surface area contributed by atoms with Crippen molar-refractivity contribution in [3.63, 3.8) is 0 Å². The fourth-order valence-electron chi connectivity index (χ4n) is 0.962. The summed E-state index contributed by atoms with van der Waals surface area (Å²) in [7, 11) is 0. The fourth-order valence-corrected chi connectivity index (χ4v) is 0.962. The minimum atomic E-state index is -0.786. The van der Waals surface area contributed by atoms with Crippen molar-refractivity contribution in [3.05, 3.63) is 0 Å². The summed E-state index contributed by atoms with van der Waals surface area (Å²) in [6, 6.07) is 0. The van der Waals surface area contributed by atoms with Gasteiger partial charge in [-0.1, -0.05) is 19.8 Å². The highest BCUT2D eigenvalue weighted by Crippen LogP contribution is 2.03. The maximum absolute atomic E-state index is 9.91. The van der Waals surface area contributed by atoms with Crippen LogP contribution in [0.2, 0.25) is 0 Å². The molecular weight excluding hydrogens is 184 g/mol. The molecule has 0 unspecified atom stereocenters. The SMILES string of the molecule is CCCCCNO.O=C(O)N1CCC1. The van der Waals surface area contributed by atoms with Crippen molar-refractivity contribution in [3.8, 4) is 0 Å². The van der Waals surface area contributed by atoms with Gasteiger partial charge in [0.25, 0.3) is 0 Å². The number of hydrogen-bond donors (Lipinski definition) is 3. The molecule has 0 spiro atoms. The largest absolute Gasteiger partial charge is 0.465 e. The van der Waals surface area contributed by atoms with E-state index in [2.05, 4.69) is 12.4 Å². The van der Waals surface area contributed by atoms with E-state index in [1.807, 2.05) is 0 Å². The second kappa shape index (κ2) is 8.77. The molecule has 0 bridgehead atoms. The third-order valence-corrected chi connectivity index (χ3v) is 2.02. The van der Waals surface area contributed by atoms with Gasteiger partial charge in [0.15, 0.2) is 0 Å². The molecule has 1 heterocycles. The molecule has 0 radical (unpaired) electrons. The van der Waals surface area contributed by atoms with E-state index in [0.717, 1.165) is 32.5 Å². The molecule has 0 saturated carbocycles. The Bertz CT molecular complexity index is 145. The first-order valence-corrected chi connectivity index (χ1v) is 5.07. The lowest BCUT2D eigenvalue weighted by Crippen LogP contribution is -2.40. The smallest absolute Gasteiger partial charge is 0.407 e. The van der Waals surface area contributed by atoms with Crippen LogP contribution in [0.25, 0.3) is 0 Å². The van der Waals surface area contributed by atoms with Gasteiger partial charge in [-0.05, 0) is 12.8 Å². The van der Waals surface area contributed by atoms with Gasteiger partial charge in [-0.15, -0.1) is 0 Å². The topological polar surface area (TPSA) is 72.8 Å². The Morgan fingerprint density at radius 3 is 2.29 bits per heavy atom. The number of likely N-dealkylation sites (tertiary alicyclic amines) is 1. The zero-order chi connectivity index (χ0) is 10.8. The molecule has 1 rings (SSSR count). The van der Waals surface area contributed by atoms with Crippen LogP contribution in [0.1, 0.15) is 32.6 Å². The van der Waals surface area contributed by atoms with E-state index in [1.165, 1.54) is 17.7 Å². The molecule has 5 nitrogen and oxygen atoms in total. The Morgan fingerprint density at radius 2 is 2.07 bits per heavy atom. The molecule has 1 amide bonds. The third-order valence-electron chi connectivity index (χ3n) is 2.02. The zero-order valence-electron chi connectivity index (χ0n) is 8.70. The Balaban J connectivity index is 0.000000241. The third kappa shape index (κ3) is 6.68. The van der Waals surface area contributed by atoms with Crippen molar-refractivity contribution in [2.75, 3.05) is 19.6 Å². The van der Waals surface area contributed by atoms with Crippen LogP contribution >= 0.6 is 0 Å². The predicted molar refractivity (Wildman–Crippen MR) is 53.5 cm³/mol. The second-order valence-corrected chi connectivity index (χ2v) is 3.24.